The number of carbonyl (C=O) groups is 4. The second-order valence-corrected chi connectivity index (χ2v) is 30.0. The molecule has 0 aliphatic carbocycles. The van der Waals surface area contributed by atoms with Gasteiger partial charge in [0.15, 0.2) is 25.2 Å². The van der Waals surface area contributed by atoms with Gasteiger partial charge in [0.25, 0.3) is 5.79 Å². The van der Waals surface area contributed by atoms with Crippen LogP contribution in [-0.4, -0.2) is 321 Å². The minimum Gasteiger partial charge on any atom is -0.477 e. The zero-order valence-electron chi connectivity index (χ0n) is 64.2. The van der Waals surface area contributed by atoms with Crippen LogP contribution in [0.5, 0.6) is 0 Å². The normalized spacial score (nSPS) is 34.2. The van der Waals surface area contributed by atoms with Gasteiger partial charge in [-0.15, -0.1) is 0 Å². The Bertz CT molecular complexity index is 2530. The number of hydrogen-bond acceptors (Lipinski definition) is 30. The Morgan fingerprint density at radius 1 is 0.486 bits per heavy atom. The first-order valence-corrected chi connectivity index (χ1v) is 40.1. The van der Waals surface area contributed by atoms with E-state index in [2.05, 4.69) is 29.8 Å². The average Bonchev–Trinajstić information content (AvgIpc) is 0.766. The molecule has 0 spiro atoms. The third-order valence-corrected chi connectivity index (χ3v) is 21.1. The number of amides is 3. The van der Waals surface area contributed by atoms with E-state index in [9.17, 15) is 106 Å². The molecule has 3 amide bonds. The number of aliphatic carboxylic acids is 1. The maximum atomic E-state index is 13.5. The summed E-state index contributed by atoms with van der Waals surface area (Å²) in [5, 5.41) is 196. The summed E-state index contributed by atoms with van der Waals surface area (Å²) >= 11 is 0. The van der Waals surface area contributed by atoms with Gasteiger partial charge in [-0.25, -0.2) is 4.79 Å². The summed E-state index contributed by atoms with van der Waals surface area (Å²) in [6.07, 6.45) is -11.7. The molecule has 0 bridgehead atoms. The van der Waals surface area contributed by atoms with Crippen LogP contribution < -0.4 is 16.0 Å². The van der Waals surface area contributed by atoms with Crippen molar-refractivity contribution in [2.75, 3.05) is 39.6 Å². The first kappa shape index (κ1) is 96.2. The standard InChI is InChI=1S/C75H135N3O31/c1-5-7-9-11-13-15-17-19-20-21-22-24-26-28-30-32-34-36-54(88)78-46(47(85)35-33-31-29-27-25-23-18-16-14-12-10-8-6-2)42-100-71-64(96)61(93)67(51(40-81)103-71)107-73-65(97)62(94)66(52(41-82)104-73)106-70-56(77-45(4)84)68(108-72-63(95)60(92)58(90)50(39-80)102-72)59(91)53(105-70)43-101-75(74(98)99)37-48(86)55(76-44(3)83)69(109-75)57(89)49(87)38-79/h33,35,46-53,55-73,79-82,85-87,89-97H,5-32,34,36-43H2,1-4H3,(H,76,83)(H,77,84)(H,78,88)(H,98,99)/b35-33+/t46-,47+,48?,49+,50?,51?,52?,53?,55+,56?,57+,58-,59-,60-,61+,62+,63?,64?,65?,66-,67+,68+,69?,70-,71+,72-,73-,75+/m0/s1. The van der Waals surface area contributed by atoms with Crippen molar-refractivity contribution in [3.8, 4) is 0 Å². The Labute approximate surface area is 640 Å². The zero-order chi connectivity index (χ0) is 80.2. The summed E-state index contributed by atoms with van der Waals surface area (Å²) in [5.74, 6) is -7.17. The van der Waals surface area contributed by atoms with Crippen molar-refractivity contribution in [1.29, 1.82) is 0 Å². The second kappa shape index (κ2) is 51.5. The fraction of sp³-hybridized carbons (Fsp3) is 0.920. The van der Waals surface area contributed by atoms with Gasteiger partial charge in [-0.2, -0.15) is 0 Å². The lowest BCUT2D eigenvalue weighted by Crippen LogP contribution is -2.71. The number of allylic oxidation sites excluding steroid dienone is 1. The van der Waals surface area contributed by atoms with E-state index >= 15 is 0 Å². The number of ether oxygens (including phenoxy) is 10. The van der Waals surface area contributed by atoms with Crippen molar-refractivity contribution in [3.05, 3.63) is 12.2 Å². The van der Waals surface area contributed by atoms with Gasteiger partial charge in [0.1, 0.15) is 116 Å². The summed E-state index contributed by atoms with van der Waals surface area (Å²) in [6, 6.07) is -4.63. The van der Waals surface area contributed by atoms with Crippen molar-refractivity contribution in [1.82, 2.24) is 16.0 Å². The zero-order valence-corrected chi connectivity index (χ0v) is 64.2. The molecule has 0 aromatic rings. The number of rotatable bonds is 54. The molecule has 20 N–H and O–H groups in total. The molecule has 109 heavy (non-hydrogen) atoms. The van der Waals surface area contributed by atoms with Gasteiger partial charge in [0.05, 0.1) is 63.9 Å². The second-order valence-electron chi connectivity index (χ2n) is 30.0. The summed E-state index contributed by atoms with van der Waals surface area (Å²) in [5.41, 5.74) is 0. The summed E-state index contributed by atoms with van der Waals surface area (Å²) < 4.78 is 59.2. The minimum atomic E-state index is -3.08. The Balaban J connectivity index is 1.28. The molecule has 0 aromatic carbocycles. The maximum Gasteiger partial charge on any atom is 0.364 e. The molecule has 28 atom stereocenters. The van der Waals surface area contributed by atoms with Crippen LogP contribution in [0.25, 0.3) is 0 Å². The lowest BCUT2D eigenvalue weighted by molar-refractivity contribution is -0.383. The smallest absolute Gasteiger partial charge is 0.364 e. The predicted molar refractivity (Wildman–Crippen MR) is 388 cm³/mol. The fourth-order valence-corrected chi connectivity index (χ4v) is 14.6. The maximum absolute atomic E-state index is 13.5. The van der Waals surface area contributed by atoms with Crippen LogP contribution in [0.4, 0.5) is 0 Å². The monoisotopic (exact) mass is 1570 g/mol. The molecule has 34 nitrogen and oxygen atoms in total. The minimum absolute atomic E-state index is 0.168. The van der Waals surface area contributed by atoms with Crippen molar-refractivity contribution in [2.45, 2.75) is 398 Å². The third-order valence-electron chi connectivity index (χ3n) is 21.1. The van der Waals surface area contributed by atoms with Gasteiger partial charge in [-0.1, -0.05) is 193 Å². The molecule has 5 heterocycles. The van der Waals surface area contributed by atoms with Crippen LogP contribution in [0, 0.1) is 0 Å². The highest BCUT2D eigenvalue weighted by molar-refractivity contribution is 5.77. The van der Waals surface area contributed by atoms with Crippen LogP contribution in [0.15, 0.2) is 12.2 Å². The molecule has 5 saturated heterocycles. The third kappa shape index (κ3) is 30.6. The van der Waals surface area contributed by atoms with Gasteiger partial charge in [0, 0.05) is 26.7 Å². The van der Waals surface area contributed by atoms with Gasteiger partial charge in [-0.3, -0.25) is 14.4 Å². The first-order chi connectivity index (χ1) is 52.2. The lowest BCUT2D eigenvalue weighted by Gasteiger charge is -2.51. The highest BCUT2D eigenvalue weighted by Gasteiger charge is 2.60. The van der Waals surface area contributed by atoms with Crippen molar-refractivity contribution >= 4 is 23.7 Å². The Morgan fingerprint density at radius 2 is 0.908 bits per heavy atom. The number of carboxylic acids is 1. The van der Waals surface area contributed by atoms with Crippen LogP contribution in [0.1, 0.15) is 227 Å². The van der Waals surface area contributed by atoms with E-state index in [1.165, 1.54) is 122 Å². The summed E-state index contributed by atoms with van der Waals surface area (Å²) in [6.45, 7) is 0.597. The molecule has 5 rings (SSSR count). The van der Waals surface area contributed by atoms with Crippen molar-refractivity contribution in [2.24, 2.45) is 0 Å². The molecule has 34 heteroatoms. The van der Waals surface area contributed by atoms with E-state index in [0.29, 0.717) is 12.8 Å². The van der Waals surface area contributed by atoms with Gasteiger partial charge in [0.2, 0.25) is 17.7 Å². The fourth-order valence-electron chi connectivity index (χ4n) is 14.6. The summed E-state index contributed by atoms with van der Waals surface area (Å²) in [4.78, 5) is 52.1. The SMILES string of the molecule is CCCCCCCCCCCCC/C=C/[C@@H](O)[C@H](CO[C@@H]1OC(CO)[C@@H](O[C@@H]2OC(CO)[C@H](O[C@@H]3OC(CO[C@]4(C(=O)O)CC(O)[C@@H](NC(C)=O)C([C@H](O)[C@H](O)CO)O4)[C@H](O)[C@H](O[C@@H]4OC(CO)[C@H](O)[C@H](O)C4O)C3NC(C)=O)[C@H](O)C2O)[C@H](O)C1O)NC(=O)CCCCCCCCCCCCCCCCCCC. The van der Waals surface area contributed by atoms with Crippen molar-refractivity contribution in [3.63, 3.8) is 0 Å². The van der Waals surface area contributed by atoms with E-state index in [-0.39, 0.29) is 12.3 Å². The molecule has 5 fully saturated rings. The van der Waals surface area contributed by atoms with Gasteiger partial charge >= 0.3 is 5.97 Å². The summed E-state index contributed by atoms with van der Waals surface area (Å²) in [7, 11) is 0. The van der Waals surface area contributed by atoms with E-state index in [1.807, 2.05) is 6.08 Å². The van der Waals surface area contributed by atoms with Crippen LogP contribution in [-0.2, 0) is 66.5 Å². The number of unbranched alkanes of at least 4 members (excludes halogenated alkanes) is 27. The average molecular weight is 1570 g/mol. The van der Waals surface area contributed by atoms with E-state index in [4.69, 9.17) is 47.4 Å². The van der Waals surface area contributed by atoms with Crippen LogP contribution >= 0.6 is 0 Å². The molecule has 0 aromatic heterocycles. The molecular formula is C75H135N3O31. The largest absolute Gasteiger partial charge is 0.477 e. The Hall–Kier alpha value is -3.42. The lowest BCUT2D eigenvalue weighted by atomic mass is 9.88. The topological polar surface area (TPSA) is 541 Å². The van der Waals surface area contributed by atoms with E-state index < -0.39 is 235 Å². The number of carbonyl (C=O) groups excluding carboxylic acids is 3. The molecule has 636 valence electrons. The number of nitrogens with one attached hydrogen (secondary N) is 3. The molecule has 0 saturated carbocycles. The molecule has 5 aliphatic heterocycles. The van der Waals surface area contributed by atoms with Gasteiger partial charge in [-0.05, 0) is 19.3 Å². The molecule has 0 radical (unpaired) electrons. The Kier molecular flexibility index (Phi) is 45.5. The predicted octanol–water partition coefficient (Wildman–Crippen LogP) is -0.262. The van der Waals surface area contributed by atoms with Crippen LogP contribution in [0.2, 0.25) is 0 Å². The molecule has 10 unspecified atom stereocenters. The van der Waals surface area contributed by atoms with Crippen molar-refractivity contribution < 1.29 is 153 Å². The van der Waals surface area contributed by atoms with Crippen LogP contribution in [0.3, 0.4) is 0 Å². The van der Waals surface area contributed by atoms with E-state index in [0.717, 1.165) is 65.2 Å². The number of carboxylic acid groups (broad SMARTS) is 1. The highest BCUT2D eigenvalue weighted by atomic mass is 16.8. The number of aliphatic hydroxyl groups excluding tert-OH is 16. The molecular weight excluding hydrogens is 1440 g/mol. The molecule has 5 aliphatic rings. The van der Waals surface area contributed by atoms with Gasteiger partial charge < -0.3 is 150 Å². The first-order valence-electron chi connectivity index (χ1n) is 40.1. The number of hydrogen-bond donors (Lipinski definition) is 20. The van der Waals surface area contributed by atoms with E-state index in [1.54, 1.807) is 6.08 Å². The number of aliphatic hydroxyl groups is 16. The Morgan fingerprint density at radius 3 is 1.39 bits per heavy atom. The highest BCUT2D eigenvalue weighted by Crippen LogP contribution is 2.39. The quantitative estimate of drug-likeness (QED) is 0.0275.